The molecule has 18 heavy (non-hydrogen) atoms. The Kier molecular flexibility index (Phi) is 10.8. The number of carboxylic acids is 1. The molecule has 102 valence electrons. The van der Waals surface area contributed by atoms with E-state index in [1.807, 2.05) is 6.08 Å². The molecule has 0 aromatic carbocycles. The first kappa shape index (κ1) is 16.4. The minimum absolute atomic E-state index is 0.192. The summed E-state index contributed by atoms with van der Waals surface area (Å²) in [6.45, 7) is 2.38. The molecular formula is C14H22O4. The number of carboxylic acid groups (broad SMARTS) is 1. The smallest absolute Gasteiger partial charge is 0.331 e. The fraction of sp³-hybridized carbons (Fsp3) is 0.571. The standard InChI is InChI=1S/C14H22O4/c1-2-3-4-5-6-7-8-9-12-18-14(17)11-10-13(15)16/h8-11H,2-7,12H2,1H3,(H,15,16)/b9-8?,11-10-. The predicted octanol–water partition coefficient (Wildman–Crippen LogP) is 3.09. The monoisotopic (exact) mass is 254 g/mol. The molecule has 0 saturated heterocycles. The van der Waals surface area contributed by atoms with E-state index < -0.39 is 11.9 Å². The highest BCUT2D eigenvalue weighted by Crippen LogP contribution is 2.05. The summed E-state index contributed by atoms with van der Waals surface area (Å²) in [4.78, 5) is 21.1. The van der Waals surface area contributed by atoms with Crippen LogP contribution in [-0.2, 0) is 14.3 Å². The SMILES string of the molecule is CCCCCCCC=CCOC(=O)/C=C\C(=O)O. The van der Waals surface area contributed by atoms with Crippen LogP contribution >= 0.6 is 0 Å². The van der Waals surface area contributed by atoms with Crippen LogP contribution in [0.4, 0.5) is 0 Å². The van der Waals surface area contributed by atoms with Crippen LogP contribution in [0.3, 0.4) is 0 Å². The van der Waals surface area contributed by atoms with Crippen LogP contribution in [0.2, 0.25) is 0 Å². The van der Waals surface area contributed by atoms with Crippen LogP contribution in [0.25, 0.3) is 0 Å². The van der Waals surface area contributed by atoms with Gasteiger partial charge >= 0.3 is 11.9 Å². The number of hydrogen-bond acceptors (Lipinski definition) is 3. The molecule has 0 aliphatic heterocycles. The summed E-state index contributed by atoms with van der Waals surface area (Å²) in [5.41, 5.74) is 0. The minimum Gasteiger partial charge on any atom is -0.478 e. The Labute approximate surface area is 108 Å². The number of rotatable bonds is 10. The lowest BCUT2D eigenvalue weighted by atomic mass is 10.1. The van der Waals surface area contributed by atoms with Crippen molar-refractivity contribution >= 4 is 11.9 Å². The molecule has 0 aromatic rings. The van der Waals surface area contributed by atoms with Crippen LogP contribution in [0.15, 0.2) is 24.3 Å². The third-order valence-corrected chi connectivity index (χ3v) is 2.32. The summed E-state index contributed by atoms with van der Waals surface area (Å²) in [5.74, 6) is -1.79. The van der Waals surface area contributed by atoms with Crippen molar-refractivity contribution < 1.29 is 19.4 Å². The van der Waals surface area contributed by atoms with Crippen LogP contribution in [0.1, 0.15) is 45.4 Å². The van der Waals surface area contributed by atoms with Gasteiger partial charge in [-0.2, -0.15) is 0 Å². The maximum absolute atomic E-state index is 10.9. The largest absolute Gasteiger partial charge is 0.478 e. The summed E-state index contributed by atoms with van der Waals surface area (Å²) < 4.78 is 4.76. The van der Waals surface area contributed by atoms with Crippen molar-refractivity contribution in [2.24, 2.45) is 0 Å². The van der Waals surface area contributed by atoms with Crippen molar-refractivity contribution in [2.45, 2.75) is 45.4 Å². The normalized spacial score (nSPS) is 11.2. The molecule has 0 bridgehead atoms. The van der Waals surface area contributed by atoms with E-state index in [0.717, 1.165) is 25.0 Å². The third kappa shape index (κ3) is 12.5. The molecule has 0 amide bonds. The zero-order valence-corrected chi connectivity index (χ0v) is 10.9. The number of carbonyl (C=O) groups is 2. The Morgan fingerprint density at radius 3 is 2.44 bits per heavy atom. The molecule has 1 N–H and O–H groups in total. The Balaban J connectivity index is 3.42. The zero-order valence-electron chi connectivity index (χ0n) is 10.9. The molecule has 0 unspecified atom stereocenters. The van der Waals surface area contributed by atoms with Gasteiger partial charge in [0.2, 0.25) is 0 Å². The van der Waals surface area contributed by atoms with E-state index >= 15 is 0 Å². The molecule has 4 heteroatoms. The van der Waals surface area contributed by atoms with E-state index in [1.165, 1.54) is 25.7 Å². The highest BCUT2D eigenvalue weighted by Gasteiger charge is 1.95. The molecule has 0 spiro atoms. The van der Waals surface area contributed by atoms with E-state index in [9.17, 15) is 9.59 Å². The molecule has 0 aliphatic carbocycles. The first-order chi connectivity index (χ1) is 8.66. The number of carbonyl (C=O) groups excluding carboxylic acids is 1. The lowest BCUT2D eigenvalue weighted by Gasteiger charge is -1.97. The van der Waals surface area contributed by atoms with Crippen molar-refractivity contribution in [3.05, 3.63) is 24.3 Å². The maximum atomic E-state index is 10.9. The van der Waals surface area contributed by atoms with Crippen LogP contribution < -0.4 is 0 Å². The number of ether oxygens (including phenoxy) is 1. The van der Waals surface area contributed by atoms with Gasteiger partial charge in [0.15, 0.2) is 0 Å². The quantitative estimate of drug-likeness (QED) is 0.281. The topological polar surface area (TPSA) is 63.6 Å². The average molecular weight is 254 g/mol. The van der Waals surface area contributed by atoms with Crippen LogP contribution in [0, 0.1) is 0 Å². The molecular weight excluding hydrogens is 232 g/mol. The number of unbranched alkanes of at least 4 members (excludes halogenated alkanes) is 5. The first-order valence-corrected chi connectivity index (χ1v) is 6.39. The molecule has 0 saturated carbocycles. The fourth-order valence-corrected chi connectivity index (χ4v) is 1.37. The fourth-order valence-electron chi connectivity index (χ4n) is 1.37. The Morgan fingerprint density at radius 1 is 1.06 bits per heavy atom. The van der Waals surface area contributed by atoms with Crippen LogP contribution in [-0.4, -0.2) is 23.7 Å². The molecule has 0 aliphatic rings. The zero-order chi connectivity index (χ0) is 13.6. The lowest BCUT2D eigenvalue weighted by molar-refractivity contribution is -0.137. The second kappa shape index (κ2) is 11.9. The van der Waals surface area contributed by atoms with E-state index in [1.54, 1.807) is 6.08 Å². The third-order valence-electron chi connectivity index (χ3n) is 2.32. The highest BCUT2D eigenvalue weighted by atomic mass is 16.5. The van der Waals surface area contributed by atoms with E-state index in [2.05, 4.69) is 6.92 Å². The molecule has 4 nitrogen and oxygen atoms in total. The summed E-state index contributed by atoms with van der Waals surface area (Å²) >= 11 is 0. The van der Waals surface area contributed by atoms with Gasteiger partial charge in [0.1, 0.15) is 6.61 Å². The first-order valence-electron chi connectivity index (χ1n) is 6.39. The Morgan fingerprint density at radius 2 is 1.78 bits per heavy atom. The number of hydrogen-bond donors (Lipinski definition) is 1. The van der Waals surface area contributed by atoms with Gasteiger partial charge in [-0.3, -0.25) is 0 Å². The van der Waals surface area contributed by atoms with Crippen molar-refractivity contribution in [2.75, 3.05) is 6.61 Å². The van der Waals surface area contributed by atoms with Crippen molar-refractivity contribution in [1.82, 2.24) is 0 Å². The summed E-state index contributed by atoms with van der Waals surface area (Å²) in [7, 11) is 0. The summed E-state index contributed by atoms with van der Waals surface area (Å²) in [5, 5.41) is 8.28. The van der Waals surface area contributed by atoms with Gasteiger partial charge < -0.3 is 9.84 Å². The van der Waals surface area contributed by atoms with Gasteiger partial charge in [0.25, 0.3) is 0 Å². The second-order valence-corrected chi connectivity index (χ2v) is 3.98. The van der Waals surface area contributed by atoms with Gasteiger partial charge in [-0.05, 0) is 12.8 Å². The van der Waals surface area contributed by atoms with Crippen LogP contribution in [0.5, 0.6) is 0 Å². The molecule has 0 rings (SSSR count). The van der Waals surface area contributed by atoms with Gasteiger partial charge in [-0.15, -0.1) is 0 Å². The minimum atomic E-state index is -1.16. The molecule has 0 radical (unpaired) electrons. The molecule has 0 atom stereocenters. The van der Waals surface area contributed by atoms with Gasteiger partial charge in [-0.25, -0.2) is 9.59 Å². The van der Waals surface area contributed by atoms with Gasteiger partial charge in [0.05, 0.1) is 0 Å². The van der Waals surface area contributed by atoms with Crippen molar-refractivity contribution in [3.63, 3.8) is 0 Å². The van der Waals surface area contributed by atoms with Gasteiger partial charge in [-0.1, -0.05) is 44.8 Å². The van der Waals surface area contributed by atoms with Gasteiger partial charge in [0, 0.05) is 12.2 Å². The van der Waals surface area contributed by atoms with E-state index in [0.29, 0.717) is 0 Å². The Bertz CT molecular complexity index is 292. The average Bonchev–Trinajstić information content (AvgIpc) is 2.34. The molecule has 0 heterocycles. The number of allylic oxidation sites excluding steroid dienone is 1. The van der Waals surface area contributed by atoms with E-state index in [4.69, 9.17) is 9.84 Å². The molecule has 0 fully saturated rings. The number of aliphatic carboxylic acids is 1. The van der Waals surface area contributed by atoms with E-state index in [-0.39, 0.29) is 6.61 Å². The molecule has 0 aromatic heterocycles. The summed E-state index contributed by atoms with van der Waals surface area (Å²) in [6, 6.07) is 0. The second-order valence-electron chi connectivity index (χ2n) is 3.98. The lowest BCUT2D eigenvalue weighted by Crippen LogP contribution is -2.01. The maximum Gasteiger partial charge on any atom is 0.331 e. The summed E-state index contributed by atoms with van der Waals surface area (Å²) in [6.07, 6.45) is 12.6. The van der Waals surface area contributed by atoms with Crippen molar-refractivity contribution in [1.29, 1.82) is 0 Å². The Hall–Kier alpha value is -1.58. The predicted molar refractivity (Wildman–Crippen MR) is 70.3 cm³/mol. The highest BCUT2D eigenvalue weighted by molar-refractivity contribution is 5.90. The van der Waals surface area contributed by atoms with Crippen molar-refractivity contribution in [3.8, 4) is 0 Å². The number of esters is 1.